The number of nitrogens with zero attached hydrogens (tertiary/aromatic N) is 3. The number of rotatable bonds is 4. The van der Waals surface area contributed by atoms with E-state index in [-0.39, 0.29) is 17.5 Å². The first-order valence-electron chi connectivity index (χ1n) is 10.2. The molecule has 1 N–H and O–H groups in total. The van der Waals surface area contributed by atoms with Crippen LogP contribution in [-0.4, -0.2) is 22.7 Å². The van der Waals surface area contributed by atoms with E-state index in [0.29, 0.717) is 22.6 Å². The number of aromatic nitrogens is 2. The minimum Gasteiger partial charge on any atom is -0.484 e. The smallest absolute Gasteiger partial charge is 0.355 e. The van der Waals surface area contributed by atoms with Crippen molar-refractivity contribution in [3.05, 3.63) is 87.7 Å². The van der Waals surface area contributed by atoms with E-state index in [0.717, 1.165) is 29.2 Å². The molecule has 0 amide bonds. The van der Waals surface area contributed by atoms with E-state index in [1.54, 1.807) is 11.5 Å². The molecular weight excluding hydrogens is 410 g/mol. The number of benzene rings is 2. The Morgan fingerprint density at radius 3 is 2.55 bits per heavy atom. The van der Waals surface area contributed by atoms with E-state index in [1.807, 2.05) is 71.4 Å². The summed E-state index contributed by atoms with van der Waals surface area (Å²) in [6.07, 6.45) is 3.50. The SMILES string of the molecule is COC1=NC(c2c[n+]3c(=O)c(-c4ccccc4)c(O)n(Cc4ccccc4)c3s2)CC1. The molecule has 156 valence electrons. The van der Waals surface area contributed by atoms with Crippen LogP contribution in [0, 0.1) is 0 Å². The van der Waals surface area contributed by atoms with Crippen molar-refractivity contribution in [1.82, 2.24) is 4.57 Å². The highest BCUT2D eigenvalue weighted by molar-refractivity contribution is 7.16. The Hall–Kier alpha value is -3.45. The van der Waals surface area contributed by atoms with Gasteiger partial charge >= 0.3 is 10.5 Å². The van der Waals surface area contributed by atoms with Crippen molar-refractivity contribution >= 4 is 22.2 Å². The average molecular weight is 433 g/mol. The molecule has 5 rings (SSSR count). The van der Waals surface area contributed by atoms with Crippen molar-refractivity contribution in [3.63, 3.8) is 0 Å². The summed E-state index contributed by atoms with van der Waals surface area (Å²) in [5.41, 5.74) is 1.79. The van der Waals surface area contributed by atoms with Gasteiger partial charge in [-0.3, -0.25) is 0 Å². The molecule has 3 heterocycles. The van der Waals surface area contributed by atoms with Crippen LogP contribution >= 0.6 is 11.3 Å². The van der Waals surface area contributed by atoms with Crippen LogP contribution in [0.2, 0.25) is 0 Å². The zero-order valence-electron chi connectivity index (χ0n) is 17.1. The molecular formula is C24H22N3O3S+. The van der Waals surface area contributed by atoms with Gasteiger partial charge in [0.25, 0.3) is 5.88 Å². The van der Waals surface area contributed by atoms with E-state index in [9.17, 15) is 9.90 Å². The monoisotopic (exact) mass is 432 g/mol. The average Bonchev–Trinajstić information content (AvgIpc) is 3.46. The Kier molecular flexibility index (Phi) is 5.03. The molecule has 0 saturated carbocycles. The maximum absolute atomic E-state index is 13.4. The van der Waals surface area contributed by atoms with Crippen molar-refractivity contribution in [2.75, 3.05) is 7.11 Å². The quantitative estimate of drug-likeness (QED) is 0.497. The van der Waals surface area contributed by atoms with Gasteiger partial charge in [0.2, 0.25) is 0 Å². The maximum atomic E-state index is 13.4. The first-order chi connectivity index (χ1) is 15.2. The summed E-state index contributed by atoms with van der Waals surface area (Å²) in [5.74, 6) is 0.709. The van der Waals surface area contributed by atoms with Crippen molar-refractivity contribution < 1.29 is 14.2 Å². The number of fused-ring (bicyclic) bond motifs is 1. The predicted octanol–water partition coefficient (Wildman–Crippen LogP) is 3.95. The number of hydrogen-bond acceptors (Lipinski definition) is 5. The maximum Gasteiger partial charge on any atom is 0.355 e. The highest BCUT2D eigenvalue weighted by Gasteiger charge is 2.30. The number of aromatic hydroxyl groups is 1. The molecule has 0 radical (unpaired) electrons. The van der Waals surface area contributed by atoms with Crippen molar-refractivity contribution in [2.24, 2.45) is 4.99 Å². The van der Waals surface area contributed by atoms with Gasteiger partial charge in [-0.1, -0.05) is 60.7 Å². The molecule has 0 saturated heterocycles. The van der Waals surface area contributed by atoms with Gasteiger partial charge in [-0.15, -0.1) is 0 Å². The van der Waals surface area contributed by atoms with Crippen LogP contribution in [0.4, 0.5) is 0 Å². The van der Waals surface area contributed by atoms with Crippen LogP contribution < -0.4 is 9.96 Å². The van der Waals surface area contributed by atoms with Gasteiger partial charge in [0.1, 0.15) is 12.7 Å². The van der Waals surface area contributed by atoms with E-state index in [2.05, 4.69) is 4.99 Å². The summed E-state index contributed by atoms with van der Waals surface area (Å²) in [6, 6.07) is 19.2. The number of thiazole rings is 1. The fourth-order valence-corrected chi connectivity index (χ4v) is 5.15. The van der Waals surface area contributed by atoms with E-state index in [4.69, 9.17) is 4.74 Å². The summed E-state index contributed by atoms with van der Waals surface area (Å²) in [6.45, 7) is 0.452. The molecule has 0 aliphatic carbocycles. The minimum absolute atomic E-state index is 0.0269. The largest absolute Gasteiger partial charge is 0.484 e. The van der Waals surface area contributed by atoms with Gasteiger partial charge in [-0.25, -0.2) is 9.79 Å². The zero-order chi connectivity index (χ0) is 21.4. The van der Waals surface area contributed by atoms with Crippen LogP contribution in [-0.2, 0) is 11.3 Å². The van der Waals surface area contributed by atoms with Gasteiger partial charge < -0.3 is 9.84 Å². The Balaban J connectivity index is 1.73. The molecule has 0 spiro atoms. The van der Waals surface area contributed by atoms with Crippen LogP contribution in [0.25, 0.3) is 16.1 Å². The van der Waals surface area contributed by atoms with Gasteiger partial charge in [-0.2, -0.15) is 8.97 Å². The first kappa shape index (κ1) is 19.5. The molecule has 2 aromatic carbocycles. The third-order valence-electron chi connectivity index (χ3n) is 5.56. The highest BCUT2D eigenvalue weighted by Crippen LogP contribution is 2.34. The van der Waals surface area contributed by atoms with Gasteiger partial charge in [0.05, 0.1) is 18.0 Å². The van der Waals surface area contributed by atoms with Crippen LogP contribution in [0.15, 0.2) is 76.6 Å². The van der Waals surface area contributed by atoms with Crippen LogP contribution in [0.5, 0.6) is 5.88 Å². The summed E-state index contributed by atoms with van der Waals surface area (Å²) < 4.78 is 8.75. The lowest BCUT2D eigenvalue weighted by atomic mass is 10.1. The number of ether oxygens (including phenoxy) is 1. The second-order valence-corrected chi connectivity index (χ2v) is 8.55. The van der Waals surface area contributed by atoms with Crippen molar-refractivity contribution in [1.29, 1.82) is 0 Å². The number of aliphatic imine (C=N–C) groups is 1. The Morgan fingerprint density at radius 2 is 1.87 bits per heavy atom. The third kappa shape index (κ3) is 3.51. The molecule has 7 heteroatoms. The second kappa shape index (κ2) is 8.00. The Bertz CT molecular complexity index is 1330. The number of methoxy groups -OCH3 is 1. The predicted molar refractivity (Wildman–Crippen MR) is 121 cm³/mol. The summed E-state index contributed by atoms with van der Waals surface area (Å²) in [5, 5.41) is 11.2. The molecule has 6 nitrogen and oxygen atoms in total. The fraction of sp³-hybridized carbons (Fsp3) is 0.208. The molecule has 4 aromatic rings. The molecule has 0 fully saturated rings. The van der Waals surface area contributed by atoms with Crippen molar-refractivity contribution in [3.8, 4) is 17.0 Å². The Morgan fingerprint density at radius 1 is 1.16 bits per heavy atom. The molecule has 0 bridgehead atoms. The van der Waals surface area contributed by atoms with Crippen molar-refractivity contribution in [2.45, 2.75) is 25.4 Å². The zero-order valence-corrected chi connectivity index (χ0v) is 17.9. The lowest BCUT2D eigenvalue weighted by molar-refractivity contribution is -0.527. The van der Waals surface area contributed by atoms with E-state index in [1.165, 1.54) is 11.3 Å². The van der Waals surface area contributed by atoms with E-state index >= 15 is 0 Å². The molecule has 1 unspecified atom stereocenters. The van der Waals surface area contributed by atoms with Gasteiger partial charge in [-0.05, 0) is 28.9 Å². The molecule has 2 aromatic heterocycles. The van der Waals surface area contributed by atoms with Gasteiger partial charge in [0, 0.05) is 6.42 Å². The lowest BCUT2D eigenvalue weighted by Crippen LogP contribution is -2.42. The fourth-order valence-electron chi connectivity index (χ4n) is 3.98. The molecule has 1 aliphatic rings. The topological polar surface area (TPSA) is 67.9 Å². The van der Waals surface area contributed by atoms with Gasteiger partial charge in [0.15, 0.2) is 11.5 Å². The second-order valence-electron chi connectivity index (χ2n) is 7.51. The Labute approximate surface area is 183 Å². The molecule has 1 atom stereocenters. The van der Waals surface area contributed by atoms with E-state index < -0.39 is 0 Å². The normalized spacial score (nSPS) is 15.9. The van der Waals surface area contributed by atoms with Crippen LogP contribution in [0.1, 0.15) is 29.3 Å². The first-order valence-corrected chi connectivity index (χ1v) is 11.0. The number of hydrogen-bond donors (Lipinski definition) is 1. The standard InChI is InChI=1S/C24H21N3O3S/c1-30-20-13-12-18(25-20)19-15-27-23(29)21(17-10-6-3-7-11-17)22(28)26(24(27)31-19)14-16-8-4-2-5-9-16/h2-11,15,18H,12-14H2,1H3/p+1. The lowest BCUT2D eigenvalue weighted by Gasteiger charge is -2.08. The minimum atomic E-state index is -0.237. The summed E-state index contributed by atoms with van der Waals surface area (Å²) >= 11 is 1.49. The third-order valence-corrected chi connectivity index (χ3v) is 6.77. The summed E-state index contributed by atoms with van der Waals surface area (Å²) in [7, 11) is 1.63. The summed E-state index contributed by atoms with van der Waals surface area (Å²) in [4.78, 5) is 19.7. The van der Waals surface area contributed by atoms with Crippen LogP contribution in [0.3, 0.4) is 0 Å². The molecule has 1 aliphatic heterocycles. The highest BCUT2D eigenvalue weighted by atomic mass is 32.1. The molecule has 31 heavy (non-hydrogen) atoms.